The number of hydrogen-bond acceptors (Lipinski definition) is 4. The minimum absolute atomic E-state index is 0. The predicted molar refractivity (Wildman–Crippen MR) is 105 cm³/mol. The van der Waals surface area contributed by atoms with Crippen LogP contribution >= 0.6 is 12.4 Å². The highest BCUT2D eigenvalue weighted by Crippen LogP contribution is 2.28. The van der Waals surface area contributed by atoms with Crippen LogP contribution in [0.3, 0.4) is 0 Å². The Hall–Kier alpha value is -1.62. The molecule has 0 radical (unpaired) electrons. The van der Waals surface area contributed by atoms with Gasteiger partial charge in [0.05, 0.1) is 18.8 Å². The summed E-state index contributed by atoms with van der Waals surface area (Å²) in [5, 5.41) is 2.04. The summed E-state index contributed by atoms with van der Waals surface area (Å²) in [5.41, 5.74) is 0.671. The lowest BCUT2D eigenvalue weighted by molar-refractivity contribution is -0.0483. The van der Waals surface area contributed by atoms with E-state index in [1.807, 2.05) is 42.5 Å². The summed E-state index contributed by atoms with van der Waals surface area (Å²) >= 11 is 0. The molecule has 2 atom stereocenters. The maximum absolute atomic E-state index is 12.9. The quantitative estimate of drug-likeness (QED) is 0.758. The zero-order chi connectivity index (χ0) is 17.1. The molecule has 0 unspecified atom stereocenters. The number of esters is 1. The fraction of sp³-hybridized carbons (Fsp3) is 0.476. The van der Waals surface area contributed by atoms with Crippen LogP contribution in [0.2, 0.25) is 0 Å². The van der Waals surface area contributed by atoms with Crippen LogP contribution in [-0.4, -0.2) is 49.3 Å². The molecule has 2 aliphatic rings. The Bertz CT molecular complexity index is 740. The first-order valence-electron chi connectivity index (χ1n) is 9.33. The summed E-state index contributed by atoms with van der Waals surface area (Å²) in [6.07, 6.45) is 4.39. The molecule has 4 nitrogen and oxygen atoms in total. The standard InChI is InChI=1S/C21H25NO3.ClH/c23-21(18-9-5-7-16-6-1-2-8-17(16)18)25-20-11-4-3-10-19(20)22-12-14-24-15-13-22;/h1-2,5-9,19-20H,3-4,10-15H2;1H/t19-,20-;/m1./s1. The molecule has 1 heterocycles. The Morgan fingerprint density at radius 1 is 1.00 bits per heavy atom. The molecule has 0 spiro atoms. The summed E-state index contributed by atoms with van der Waals surface area (Å²) in [6.45, 7) is 3.43. The number of hydrogen-bond donors (Lipinski definition) is 0. The van der Waals surface area contributed by atoms with Crippen LogP contribution in [0.15, 0.2) is 42.5 Å². The van der Waals surface area contributed by atoms with Gasteiger partial charge >= 0.3 is 5.97 Å². The second kappa shape index (κ2) is 8.85. The van der Waals surface area contributed by atoms with Crippen LogP contribution in [0.5, 0.6) is 0 Å². The lowest BCUT2D eigenvalue weighted by Crippen LogP contribution is -2.51. The van der Waals surface area contributed by atoms with E-state index in [0.29, 0.717) is 11.6 Å². The summed E-state index contributed by atoms with van der Waals surface area (Å²) in [7, 11) is 0. The first kappa shape index (κ1) is 19.2. The molecular weight excluding hydrogens is 350 g/mol. The number of carbonyl (C=O) groups excluding carboxylic acids is 1. The summed E-state index contributed by atoms with van der Waals surface area (Å²) in [5.74, 6) is -0.193. The highest BCUT2D eigenvalue weighted by atomic mass is 35.5. The van der Waals surface area contributed by atoms with Crippen molar-refractivity contribution in [2.75, 3.05) is 26.3 Å². The molecule has 0 amide bonds. The molecule has 2 aromatic carbocycles. The Balaban J connectivity index is 0.00000196. The van der Waals surface area contributed by atoms with E-state index in [1.165, 1.54) is 6.42 Å². The van der Waals surface area contributed by atoms with Crippen molar-refractivity contribution < 1.29 is 14.3 Å². The van der Waals surface area contributed by atoms with Crippen molar-refractivity contribution in [1.29, 1.82) is 0 Å². The normalized spacial score (nSPS) is 24.0. The molecule has 4 rings (SSSR count). The number of carbonyl (C=O) groups is 1. The minimum atomic E-state index is -0.193. The number of halogens is 1. The molecule has 1 aliphatic carbocycles. The van der Waals surface area contributed by atoms with Gasteiger partial charge in [0.1, 0.15) is 6.10 Å². The van der Waals surface area contributed by atoms with Gasteiger partial charge in [-0.05, 0) is 36.1 Å². The van der Waals surface area contributed by atoms with Crippen molar-refractivity contribution in [3.63, 3.8) is 0 Å². The first-order valence-corrected chi connectivity index (χ1v) is 9.33. The first-order chi connectivity index (χ1) is 12.3. The number of ether oxygens (including phenoxy) is 2. The van der Waals surface area contributed by atoms with E-state index < -0.39 is 0 Å². The van der Waals surface area contributed by atoms with Crippen LogP contribution in [0, 0.1) is 0 Å². The van der Waals surface area contributed by atoms with Crippen molar-refractivity contribution in [2.24, 2.45) is 0 Å². The van der Waals surface area contributed by atoms with Gasteiger partial charge in [0.2, 0.25) is 0 Å². The number of rotatable bonds is 3. The van der Waals surface area contributed by atoms with Crippen LogP contribution in [0.4, 0.5) is 0 Å². The smallest absolute Gasteiger partial charge is 0.339 e. The fourth-order valence-corrected chi connectivity index (χ4v) is 4.15. The second-order valence-electron chi connectivity index (χ2n) is 6.97. The van der Waals surface area contributed by atoms with E-state index in [2.05, 4.69) is 4.90 Å². The molecule has 2 fully saturated rings. The Kier molecular flexibility index (Phi) is 6.52. The van der Waals surface area contributed by atoms with Crippen molar-refractivity contribution in [2.45, 2.75) is 37.8 Å². The topological polar surface area (TPSA) is 38.8 Å². The van der Waals surface area contributed by atoms with E-state index in [9.17, 15) is 4.79 Å². The monoisotopic (exact) mass is 375 g/mol. The third kappa shape index (κ3) is 4.03. The second-order valence-corrected chi connectivity index (χ2v) is 6.97. The van der Waals surface area contributed by atoms with Gasteiger partial charge in [0, 0.05) is 19.1 Å². The Morgan fingerprint density at radius 3 is 2.58 bits per heavy atom. The van der Waals surface area contributed by atoms with E-state index in [-0.39, 0.29) is 24.5 Å². The molecule has 1 saturated carbocycles. The summed E-state index contributed by atoms with van der Waals surface area (Å²) in [6, 6.07) is 14.1. The van der Waals surface area contributed by atoms with Crippen LogP contribution in [-0.2, 0) is 9.47 Å². The van der Waals surface area contributed by atoms with Crippen LogP contribution in [0.1, 0.15) is 36.0 Å². The van der Waals surface area contributed by atoms with E-state index in [1.54, 1.807) is 0 Å². The molecule has 26 heavy (non-hydrogen) atoms. The Morgan fingerprint density at radius 2 is 1.73 bits per heavy atom. The van der Waals surface area contributed by atoms with Gasteiger partial charge in [-0.25, -0.2) is 4.79 Å². The largest absolute Gasteiger partial charge is 0.457 e. The number of morpholine rings is 1. The van der Waals surface area contributed by atoms with Gasteiger partial charge in [0.15, 0.2) is 0 Å². The van der Waals surface area contributed by atoms with Gasteiger partial charge in [-0.2, -0.15) is 0 Å². The molecule has 2 aromatic rings. The molecule has 5 heteroatoms. The zero-order valence-corrected chi connectivity index (χ0v) is 15.7. The fourth-order valence-electron chi connectivity index (χ4n) is 4.15. The SMILES string of the molecule is Cl.O=C(O[C@@H]1CCCC[C@H]1N1CCOCC1)c1cccc2ccccc12. The van der Waals surface area contributed by atoms with Crippen LogP contribution in [0.25, 0.3) is 10.8 Å². The molecule has 0 bridgehead atoms. The highest BCUT2D eigenvalue weighted by molar-refractivity contribution is 6.04. The predicted octanol–water partition coefficient (Wildman–Crippen LogP) is 4.06. The van der Waals surface area contributed by atoms with Gasteiger partial charge in [-0.15, -0.1) is 12.4 Å². The lowest BCUT2D eigenvalue weighted by Gasteiger charge is -2.41. The molecular formula is C21H26ClNO3. The van der Waals surface area contributed by atoms with Gasteiger partial charge in [-0.3, -0.25) is 4.90 Å². The average molecular weight is 376 g/mol. The van der Waals surface area contributed by atoms with E-state index >= 15 is 0 Å². The maximum Gasteiger partial charge on any atom is 0.339 e. The third-order valence-corrected chi connectivity index (χ3v) is 5.45. The molecule has 1 aliphatic heterocycles. The number of nitrogens with zero attached hydrogens (tertiary/aromatic N) is 1. The summed E-state index contributed by atoms with van der Waals surface area (Å²) < 4.78 is 11.5. The van der Waals surface area contributed by atoms with Gasteiger partial charge in [-0.1, -0.05) is 42.8 Å². The maximum atomic E-state index is 12.9. The molecule has 1 saturated heterocycles. The van der Waals surface area contributed by atoms with Crippen molar-refractivity contribution >= 4 is 29.1 Å². The number of benzene rings is 2. The Labute approximate surface area is 160 Å². The molecule has 0 N–H and O–H groups in total. The number of fused-ring (bicyclic) bond motifs is 1. The van der Waals surface area contributed by atoms with Crippen molar-refractivity contribution in [3.05, 3.63) is 48.0 Å². The molecule has 140 valence electrons. The summed E-state index contributed by atoms with van der Waals surface area (Å²) in [4.78, 5) is 15.3. The van der Waals surface area contributed by atoms with E-state index in [0.717, 1.165) is 56.3 Å². The minimum Gasteiger partial charge on any atom is -0.457 e. The lowest BCUT2D eigenvalue weighted by atomic mass is 9.90. The van der Waals surface area contributed by atoms with Crippen LogP contribution < -0.4 is 0 Å². The van der Waals surface area contributed by atoms with Crippen molar-refractivity contribution in [1.82, 2.24) is 4.90 Å². The van der Waals surface area contributed by atoms with Gasteiger partial charge < -0.3 is 9.47 Å². The average Bonchev–Trinajstić information content (AvgIpc) is 2.68. The van der Waals surface area contributed by atoms with Crippen molar-refractivity contribution in [3.8, 4) is 0 Å². The molecule has 0 aromatic heterocycles. The van der Waals surface area contributed by atoms with E-state index in [4.69, 9.17) is 9.47 Å². The zero-order valence-electron chi connectivity index (χ0n) is 14.9. The highest BCUT2D eigenvalue weighted by Gasteiger charge is 2.34. The van der Waals surface area contributed by atoms with Gasteiger partial charge in [0.25, 0.3) is 0 Å². The third-order valence-electron chi connectivity index (χ3n) is 5.45.